The molecule has 3 rings (SSSR count). The average Bonchev–Trinajstić information content (AvgIpc) is 2.76. The molecule has 0 bridgehead atoms. The Balaban J connectivity index is 1.78. The zero-order valence-electron chi connectivity index (χ0n) is 19.1. The van der Waals surface area contributed by atoms with Crippen LogP contribution in [0, 0.1) is 13.8 Å². The van der Waals surface area contributed by atoms with E-state index in [4.69, 9.17) is 0 Å². The van der Waals surface area contributed by atoms with Crippen LogP contribution in [0.25, 0.3) is 0 Å². The van der Waals surface area contributed by atoms with Gasteiger partial charge in [-0.25, -0.2) is 31.5 Å². The third kappa shape index (κ3) is 5.88. The maximum Gasteiger partial charge on any atom is 0.264 e. The number of aryl methyl sites for hydroxylation is 2. The molecule has 3 aromatic rings. The number of benzene rings is 2. The van der Waals surface area contributed by atoms with E-state index >= 15 is 0 Å². The summed E-state index contributed by atoms with van der Waals surface area (Å²) in [5, 5.41) is 2.63. The molecule has 12 heteroatoms. The Morgan fingerprint density at radius 2 is 1.56 bits per heavy atom. The van der Waals surface area contributed by atoms with Crippen molar-refractivity contribution in [2.24, 2.45) is 0 Å². The van der Waals surface area contributed by atoms with Gasteiger partial charge in [-0.1, -0.05) is 6.07 Å². The number of sulfonamides is 2. The number of carbonyl (C=O) groups is 1. The van der Waals surface area contributed by atoms with Crippen LogP contribution < -0.4 is 14.3 Å². The predicted octanol–water partition coefficient (Wildman–Crippen LogP) is 2.69. The molecule has 180 valence electrons. The Hall–Kier alpha value is -3.51. The molecule has 2 aromatic carbocycles. The van der Waals surface area contributed by atoms with Crippen LogP contribution in [0.5, 0.6) is 0 Å². The minimum absolute atomic E-state index is 0.0566. The molecule has 1 heterocycles. The second kappa shape index (κ2) is 9.77. The van der Waals surface area contributed by atoms with Crippen LogP contribution >= 0.6 is 0 Å². The SMILES string of the molecule is Cc1ccc(N([C@H](C)C(=O)Nc2ccc(S(=O)(=O)Nc3ncccn3)cc2)S(C)(=O)=O)cc1C. The van der Waals surface area contributed by atoms with Crippen LogP contribution in [0.4, 0.5) is 17.3 Å². The summed E-state index contributed by atoms with van der Waals surface area (Å²) >= 11 is 0. The fourth-order valence-corrected chi connectivity index (χ4v) is 5.29. The Kier molecular flexibility index (Phi) is 7.22. The highest BCUT2D eigenvalue weighted by Crippen LogP contribution is 2.24. The van der Waals surface area contributed by atoms with E-state index < -0.39 is 32.0 Å². The van der Waals surface area contributed by atoms with Crippen molar-refractivity contribution in [3.63, 3.8) is 0 Å². The number of nitrogens with zero attached hydrogens (tertiary/aromatic N) is 3. The largest absolute Gasteiger partial charge is 0.324 e. The van der Waals surface area contributed by atoms with Crippen LogP contribution in [-0.2, 0) is 24.8 Å². The van der Waals surface area contributed by atoms with E-state index in [9.17, 15) is 21.6 Å². The summed E-state index contributed by atoms with van der Waals surface area (Å²) in [5.41, 5.74) is 2.58. The first-order valence-electron chi connectivity index (χ1n) is 10.2. The van der Waals surface area contributed by atoms with Crippen molar-refractivity contribution in [3.05, 3.63) is 72.1 Å². The van der Waals surface area contributed by atoms with Gasteiger partial charge in [0.1, 0.15) is 6.04 Å². The zero-order valence-corrected chi connectivity index (χ0v) is 20.7. The van der Waals surface area contributed by atoms with Gasteiger partial charge in [-0.2, -0.15) is 0 Å². The number of carbonyl (C=O) groups excluding carboxylic acids is 1. The lowest BCUT2D eigenvalue weighted by Gasteiger charge is -2.28. The van der Waals surface area contributed by atoms with Crippen molar-refractivity contribution in [1.82, 2.24) is 9.97 Å². The van der Waals surface area contributed by atoms with Crippen LogP contribution in [0.3, 0.4) is 0 Å². The third-order valence-corrected chi connectivity index (χ3v) is 7.64. The van der Waals surface area contributed by atoms with Crippen molar-refractivity contribution < 1.29 is 21.6 Å². The van der Waals surface area contributed by atoms with Gasteiger partial charge in [0.15, 0.2) is 0 Å². The minimum atomic E-state index is -3.93. The van der Waals surface area contributed by atoms with Gasteiger partial charge in [-0.05, 0) is 74.4 Å². The topological polar surface area (TPSA) is 138 Å². The number of aromatic nitrogens is 2. The van der Waals surface area contributed by atoms with Crippen molar-refractivity contribution in [1.29, 1.82) is 0 Å². The second-order valence-electron chi connectivity index (χ2n) is 7.69. The van der Waals surface area contributed by atoms with E-state index in [-0.39, 0.29) is 10.8 Å². The van der Waals surface area contributed by atoms with Crippen molar-refractivity contribution in [2.75, 3.05) is 20.6 Å². The maximum atomic E-state index is 12.9. The van der Waals surface area contributed by atoms with E-state index in [1.807, 2.05) is 13.8 Å². The number of hydrogen-bond donors (Lipinski definition) is 2. The van der Waals surface area contributed by atoms with Gasteiger partial charge in [0, 0.05) is 18.1 Å². The molecule has 1 aromatic heterocycles. The molecule has 10 nitrogen and oxygen atoms in total. The lowest BCUT2D eigenvalue weighted by molar-refractivity contribution is -0.116. The number of hydrogen-bond acceptors (Lipinski definition) is 7. The summed E-state index contributed by atoms with van der Waals surface area (Å²) in [5.74, 6) is -0.643. The first-order valence-corrected chi connectivity index (χ1v) is 13.5. The van der Waals surface area contributed by atoms with E-state index in [0.29, 0.717) is 11.4 Å². The smallest absolute Gasteiger partial charge is 0.264 e. The molecule has 1 amide bonds. The number of amides is 1. The van der Waals surface area contributed by atoms with Crippen molar-refractivity contribution >= 4 is 43.3 Å². The quantitative estimate of drug-likeness (QED) is 0.482. The Morgan fingerprint density at radius 3 is 2.12 bits per heavy atom. The van der Waals surface area contributed by atoms with Crippen LogP contribution in [0.1, 0.15) is 18.1 Å². The lowest BCUT2D eigenvalue weighted by atomic mass is 10.1. The summed E-state index contributed by atoms with van der Waals surface area (Å²) in [6.07, 6.45) is 3.85. The fourth-order valence-electron chi connectivity index (χ4n) is 3.17. The standard InChI is InChI=1S/C22H25N5O5S2/c1-15-6-9-19(14-16(15)2)27(33(4,29)30)17(3)21(28)25-18-7-10-20(11-8-18)34(31,32)26-22-23-12-5-13-24-22/h5-14,17H,1-4H3,(H,25,28)(H,23,24,26)/t17-/m1/s1. The van der Waals surface area contributed by atoms with Crippen molar-refractivity contribution in [2.45, 2.75) is 31.7 Å². The molecular weight excluding hydrogens is 478 g/mol. The Morgan fingerprint density at radius 1 is 0.941 bits per heavy atom. The molecule has 0 fully saturated rings. The summed E-state index contributed by atoms with van der Waals surface area (Å²) in [7, 11) is -7.69. The van der Waals surface area contributed by atoms with Gasteiger partial charge in [0.05, 0.1) is 16.8 Å². The molecule has 0 aliphatic rings. The molecule has 0 aliphatic heterocycles. The monoisotopic (exact) mass is 503 g/mol. The predicted molar refractivity (Wildman–Crippen MR) is 131 cm³/mol. The molecular formula is C22H25N5O5S2. The van der Waals surface area contributed by atoms with Crippen LogP contribution in [0.2, 0.25) is 0 Å². The maximum absolute atomic E-state index is 12.9. The van der Waals surface area contributed by atoms with Crippen LogP contribution in [-0.4, -0.2) is 45.0 Å². The molecule has 0 aliphatic carbocycles. The molecule has 0 unspecified atom stereocenters. The second-order valence-corrected chi connectivity index (χ2v) is 11.2. The highest BCUT2D eigenvalue weighted by atomic mass is 32.2. The Labute approximate surface area is 199 Å². The molecule has 0 saturated carbocycles. The van der Waals surface area contributed by atoms with Gasteiger partial charge in [-0.3, -0.25) is 9.10 Å². The molecule has 0 radical (unpaired) electrons. The number of nitrogens with one attached hydrogen (secondary N) is 2. The van der Waals surface area contributed by atoms with Crippen LogP contribution in [0.15, 0.2) is 65.8 Å². The van der Waals surface area contributed by atoms with Gasteiger partial charge in [0.25, 0.3) is 10.0 Å². The summed E-state index contributed by atoms with van der Waals surface area (Å²) < 4.78 is 53.3. The zero-order chi connectivity index (χ0) is 25.1. The summed E-state index contributed by atoms with van der Waals surface area (Å²) in [6, 6.07) is 11.1. The highest BCUT2D eigenvalue weighted by Gasteiger charge is 2.29. The fraction of sp³-hybridized carbons (Fsp3) is 0.227. The molecule has 0 spiro atoms. The van der Waals surface area contributed by atoms with E-state index in [0.717, 1.165) is 21.7 Å². The lowest BCUT2D eigenvalue weighted by Crippen LogP contribution is -2.45. The summed E-state index contributed by atoms with van der Waals surface area (Å²) in [6.45, 7) is 5.25. The van der Waals surface area contributed by atoms with Gasteiger partial charge in [-0.15, -0.1) is 0 Å². The normalized spacial score (nSPS) is 12.6. The van der Waals surface area contributed by atoms with E-state index in [2.05, 4.69) is 20.0 Å². The number of rotatable bonds is 8. The molecule has 1 atom stereocenters. The minimum Gasteiger partial charge on any atom is -0.324 e. The third-order valence-electron chi connectivity index (χ3n) is 5.06. The van der Waals surface area contributed by atoms with Gasteiger partial charge >= 0.3 is 0 Å². The van der Waals surface area contributed by atoms with Gasteiger partial charge in [0.2, 0.25) is 21.9 Å². The van der Waals surface area contributed by atoms with E-state index in [1.54, 1.807) is 24.3 Å². The summed E-state index contributed by atoms with van der Waals surface area (Å²) in [4.78, 5) is 20.5. The first kappa shape index (κ1) is 25.1. The number of anilines is 3. The first-order chi connectivity index (χ1) is 15.9. The molecule has 34 heavy (non-hydrogen) atoms. The van der Waals surface area contributed by atoms with Crippen molar-refractivity contribution in [3.8, 4) is 0 Å². The highest BCUT2D eigenvalue weighted by molar-refractivity contribution is 7.92. The molecule has 2 N–H and O–H groups in total. The Bertz CT molecular complexity index is 1390. The van der Waals surface area contributed by atoms with E-state index in [1.165, 1.54) is 43.6 Å². The van der Waals surface area contributed by atoms with Gasteiger partial charge < -0.3 is 5.32 Å². The average molecular weight is 504 g/mol. The molecule has 0 saturated heterocycles.